The lowest BCUT2D eigenvalue weighted by atomic mass is 9.94. The minimum atomic E-state index is -3.21. The Morgan fingerprint density at radius 1 is 1.14 bits per heavy atom. The lowest BCUT2D eigenvalue weighted by Crippen LogP contribution is -2.40. The van der Waals surface area contributed by atoms with Crippen molar-refractivity contribution in [3.05, 3.63) is 65.2 Å². The number of piperidine rings is 1. The third-order valence-corrected chi connectivity index (χ3v) is 6.74. The van der Waals surface area contributed by atoms with Crippen LogP contribution in [0.25, 0.3) is 0 Å². The van der Waals surface area contributed by atoms with Crippen molar-refractivity contribution in [1.29, 1.82) is 0 Å². The quantitative estimate of drug-likeness (QED) is 0.786. The maximum Gasteiger partial charge on any atom is 0.223 e. The molecule has 0 aromatic heterocycles. The van der Waals surface area contributed by atoms with E-state index < -0.39 is 9.84 Å². The minimum absolute atomic E-state index is 0.0292. The molecule has 1 N–H and O–H groups in total. The van der Waals surface area contributed by atoms with E-state index in [4.69, 9.17) is 0 Å². The van der Waals surface area contributed by atoms with Crippen LogP contribution in [-0.4, -0.2) is 38.6 Å². The van der Waals surface area contributed by atoms with Crippen molar-refractivity contribution in [2.24, 2.45) is 5.92 Å². The van der Waals surface area contributed by atoms with Crippen LogP contribution in [0, 0.1) is 12.8 Å². The Balaban J connectivity index is 1.50. The van der Waals surface area contributed by atoms with Gasteiger partial charge in [0.05, 0.1) is 10.9 Å². The Morgan fingerprint density at radius 3 is 2.38 bits per heavy atom. The van der Waals surface area contributed by atoms with Gasteiger partial charge in [-0.1, -0.05) is 42.0 Å². The summed E-state index contributed by atoms with van der Waals surface area (Å²) in [6, 6.07) is 15.1. The second kappa shape index (κ2) is 9.09. The van der Waals surface area contributed by atoms with Gasteiger partial charge in [0, 0.05) is 18.7 Å². The number of hydrogen-bond donors (Lipinski definition) is 1. The van der Waals surface area contributed by atoms with Crippen molar-refractivity contribution in [2.45, 2.75) is 44.2 Å². The Kier molecular flexibility index (Phi) is 6.75. The molecule has 156 valence electrons. The molecule has 3 rings (SSSR count). The average Bonchev–Trinajstić information content (AvgIpc) is 2.68. The van der Waals surface area contributed by atoms with Crippen molar-refractivity contribution in [3.63, 3.8) is 0 Å². The Morgan fingerprint density at radius 2 is 1.79 bits per heavy atom. The molecule has 1 heterocycles. The van der Waals surface area contributed by atoms with E-state index in [1.54, 1.807) is 24.3 Å². The number of benzene rings is 2. The number of carbonyl (C=O) groups is 1. The van der Waals surface area contributed by atoms with E-state index in [9.17, 15) is 13.2 Å². The van der Waals surface area contributed by atoms with Gasteiger partial charge in [-0.05, 0) is 63.0 Å². The third-order valence-electron chi connectivity index (χ3n) is 5.61. The predicted octanol–water partition coefficient (Wildman–Crippen LogP) is 3.49. The van der Waals surface area contributed by atoms with Gasteiger partial charge in [-0.25, -0.2) is 8.42 Å². The monoisotopic (exact) mass is 414 g/mol. The van der Waals surface area contributed by atoms with Crippen LogP contribution in [0.15, 0.2) is 53.4 Å². The van der Waals surface area contributed by atoms with Crippen molar-refractivity contribution >= 4 is 15.7 Å². The first-order valence-corrected chi connectivity index (χ1v) is 12.0. The number of rotatable bonds is 6. The van der Waals surface area contributed by atoms with Crippen LogP contribution in [-0.2, 0) is 21.2 Å². The topological polar surface area (TPSA) is 66.5 Å². The number of nitrogens with zero attached hydrogens (tertiary/aromatic N) is 1. The van der Waals surface area contributed by atoms with Gasteiger partial charge in [-0.3, -0.25) is 9.69 Å². The molecule has 0 bridgehead atoms. The standard InChI is InChI=1S/C23H30N2O3S/c1-17-5-4-6-19(15-17)16-25-13-11-21(12-14-25)23(26)24-18(2)20-7-9-22(10-8-20)29(3,27)28/h4-10,15,18,21H,11-14,16H2,1-3H3,(H,24,26)/t18-/m1/s1. The second-order valence-electron chi connectivity index (χ2n) is 8.11. The highest BCUT2D eigenvalue weighted by Crippen LogP contribution is 2.22. The maximum absolute atomic E-state index is 12.7. The zero-order valence-electron chi connectivity index (χ0n) is 17.4. The zero-order valence-corrected chi connectivity index (χ0v) is 18.2. The first-order chi connectivity index (χ1) is 13.7. The minimum Gasteiger partial charge on any atom is -0.349 e. The van der Waals surface area contributed by atoms with E-state index in [1.165, 1.54) is 17.4 Å². The first kappa shape index (κ1) is 21.5. The smallest absolute Gasteiger partial charge is 0.223 e. The molecule has 2 aromatic carbocycles. The van der Waals surface area contributed by atoms with Crippen molar-refractivity contribution < 1.29 is 13.2 Å². The van der Waals surface area contributed by atoms with E-state index in [0.29, 0.717) is 4.90 Å². The number of hydrogen-bond acceptors (Lipinski definition) is 4. The van der Waals surface area contributed by atoms with Gasteiger partial charge < -0.3 is 5.32 Å². The van der Waals surface area contributed by atoms with Crippen LogP contribution in [0.5, 0.6) is 0 Å². The van der Waals surface area contributed by atoms with E-state index in [2.05, 4.69) is 41.4 Å². The van der Waals surface area contributed by atoms with Gasteiger partial charge in [0.25, 0.3) is 0 Å². The first-order valence-electron chi connectivity index (χ1n) is 10.1. The lowest BCUT2D eigenvalue weighted by molar-refractivity contribution is -0.127. The van der Waals surface area contributed by atoms with Gasteiger partial charge in [-0.2, -0.15) is 0 Å². The van der Waals surface area contributed by atoms with E-state index >= 15 is 0 Å². The molecule has 0 aliphatic carbocycles. The lowest BCUT2D eigenvalue weighted by Gasteiger charge is -2.32. The molecule has 1 saturated heterocycles. The summed E-state index contributed by atoms with van der Waals surface area (Å²) < 4.78 is 23.2. The molecule has 1 aliphatic heterocycles. The summed E-state index contributed by atoms with van der Waals surface area (Å²) in [5.74, 6) is 0.112. The fraction of sp³-hybridized carbons (Fsp3) is 0.435. The SMILES string of the molecule is Cc1cccc(CN2CCC(C(=O)N[C@H](C)c3ccc(S(C)(=O)=O)cc3)CC2)c1. The summed E-state index contributed by atoms with van der Waals surface area (Å²) in [5.41, 5.74) is 3.50. The largest absolute Gasteiger partial charge is 0.349 e. The number of sulfone groups is 1. The van der Waals surface area contributed by atoms with E-state index in [0.717, 1.165) is 38.0 Å². The number of likely N-dealkylation sites (tertiary alicyclic amines) is 1. The molecule has 29 heavy (non-hydrogen) atoms. The van der Waals surface area contributed by atoms with Crippen LogP contribution in [0.2, 0.25) is 0 Å². The fourth-order valence-corrected chi connectivity index (χ4v) is 4.47. The summed E-state index contributed by atoms with van der Waals surface area (Å²) in [5, 5.41) is 3.09. The highest BCUT2D eigenvalue weighted by atomic mass is 32.2. The molecule has 0 saturated carbocycles. The molecule has 2 aromatic rings. The van der Waals surface area contributed by atoms with E-state index in [1.807, 2.05) is 6.92 Å². The van der Waals surface area contributed by atoms with Gasteiger partial charge in [0.2, 0.25) is 5.91 Å². The van der Waals surface area contributed by atoms with Crippen LogP contribution >= 0.6 is 0 Å². The number of nitrogens with one attached hydrogen (secondary N) is 1. The Bertz CT molecular complexity index is 946. The summed E-state index contributed by atoms with van der Waals surface area (Å²) in [6.45, 7) is 6.81. The van der Waals surface area contributed by atoms with Crippen molar-refractivity contribution in [2.75, 3.05) is 19.3 Å². The molecule has 6 heteroatoms. The molecule has 0 radical (unpaired) electrons. The molecule has 1 atom stereocenters. The van der Waals surface area contributed by atoms with Crippen LogP contribution in [0.4, 0.5) is 0 Å². The maximum atomic E-state index is 12.7. The van der Waals surface area contributed by atoms with Gasteiger partial charge in [-0.15, -0.1) is 0 Å². The molecule has 0 spiro atoms. The summed E-state index contributed by atoms with van der Waals surface area (Å²) >= 11 is 0. The fourth-order valence-electron chi connectivity index (χ4n) is 3.84. The molecular weight excluding hydrogens is 384 g/mol. The van der Waals surface area contributed by atoms with Crippen molar-refractivity contribution in [3.8, 4) is 0 Å². The normalized spacial score (nSPS) is 17.1. The summed E-state index contributed by atoms with van der Waals surface area (Å²) in [4.78, 5) is 15.4. The zero-order chi connectivity index (χ0) is 21.0. The number of amides is 1. The summed E-state index contributed by atoms with van der Waals surface area (Å²) in [7, 11) is -3.21. The van der Waals surface area contributed by atoms with Gasteiger partial charge in [0.1, 0.15) is 0 Å². The number of aryl methyl sites for hydroxylation is 1. The molecule has 0 unspecified atom stereocenters. The molecule has 1 fully saturated rings. The molecular formula is C23H30N2O3S. The van der Waals surface area contributed by atoms with Crippen LogP contribution < -0.4 is 5.32 Å². The molecule has 1 amide bonds. The average molecular weight is 415 g/mol. The van der Waals surface area contributed by atoms with Crippen LogP contribution in [0.1, 0.15) is 42.5 Å². The third kappa shape index (κ3) is 5.90. The van der Waals surface area contributed by atoms with E-state index in [-0.39, 0.29) is 17.9 Å². The predicted molar refractivity (Wildman–Crippen MR) is 115 cm³/mol. The highest BCUT2D eigenvalue weighted by molar-refractivity contribution is 7.90. The molecule has 5 nitrogen and oxygen atoms in total. The van der Waals surface area contributed by atoms with Crippen molar-refractivity contribution in [1.82, 2.24) is 10.2 Å². The number of carbonyl (C=O) groups excluding carboxylic acids is 1. The highest BCUT2D eigenvalue weighted by Gasteiger charge is 2.26. The molecule has 1 aliphatic rings. The Hall–Kier alpha value is -2.18. The summed E-state index contributed by atoms with van der Waals surface area (Å²) in [6.07, 6.45) is 2.91. The van der Waals surface area contributed by atoms with Gasteiger partial charge >= 0.3 is 0 Å². The van der Waals surface area contributed by atoms with Crippen LogP contribution in [0.3, 0.4) is 0 Å². The Labute approximate surface area is 174 Å². The second-order valence-corrected chi connectivity index (χ2v) is 10.1. The van der Waals surface area contributed by atoms with Gasteiger partial charge in [0.15, 0.2) is 9.84 Å².